The lowest BCUT2D eigenvalue weighted by atomic mass is 10.2. The zero-order valence-corrected chi connectivity index (χ0v) is 13.5. The second kappa shape index (κ2) is 9.15. The lowest BCUT2D eigenvalue weighted by Gasteiger charge is -2.07. The summed E-state index contributed by atoms with van der Waals surface area (Å²) in [5, 5.41) is 8.60. The Balaban J connectivity index is 1.80. The Labute approximate surface area is 136 Å². The molecule has 23 heavy (non-hydrogen) atoms. The van der Waals surface area contributed by atoms with Gasteiger partial charge in [-0.1, -0.05) is 32.6 Å². The minimum Gasteiger partial charge on any atom is -0.494 e. The van der Waals surface area contributed by atoms with Crippen LogP contribution in [0.4, 0.5) is 0 Å². The third-order valence-corrected chi connectivity index (χ3v) is 3.68. The fourth-order valence-electron chi connectivity index (χ4n) is 2.33. The third-order valence-electron chi connectivity index (χ3n) is 3.68. The van der Waals surface area contributed by atoms with Crippen molar-refractivity contribution in [1.82, 2.24) is 5.48 Å². The van der Waals surface area contributed by atoms with Crippen LogP contribution in [0.25, 0.3) is 0 Å². The topological polar surface area (TPSA) is 80.2 Å². The summed E-state index contributed by atoms with van der Waals surface area (Å²) in [6.45, 7) is 3.06. The SMILES string of the molecule is CCCCCCCOc1ccc(C2=NC(C(=O)NO)CO2)cc1. The molecule has 6 nitrogen and oxygen atoms in total. The maximum absolute atomic E-state index is 11.3. The van der Waals surface area contributed by atoms with Gasteiger partial charge in [0.25, 0.3) is 5.91 Å². The molecule has 2 rings (SSSR count). The molecular formula is C17H24N2O4. The molecule has 0 saturated carbocycles. The second-order valence-electron chi connectivity index (χ2n) is 5.52. The maximum atomic E-state index is 11.3. The van der Waals surface area contributed by atoms with Gasteiger partial charge in [0.1, 0.15) is 12.4 Å². The molecule has 1 aromatic rings. The normalized spacial score (nSPS) is 16.6. The summed E-state index contributed by atoms with van der Waals surface area (Å²) in [4.78, 5) is 15.4. The molecule has 126 valence electrons. The van der Waals surface area contributed by atoms with Gasteiger partial charge in [-0.25, -0.2) is 10.5 Å². The number of unbranched alkanes of at least 4 members (excludes halogenated alkanes) is 4. The number of aliphatic imine (C=N–C) groups is 1. The van der Waals surface area contributed by atoms with Crippen molar-refractivity contribution in [3.05, 3.63) is 29.8 Å². The van der Waals surface area contributed by atoms with Crippen molar-refractivity contribution >= 4 is 11.8 Å². The van der Waals surface area contributed by atoms with Crippen molar-refractivity contribution in [2.45, 2.75) is 45.1 Å². The summed E-state index contributed by atoms with van der Waals surface area (Å²) in [5.41, 5.74) is 2.37. The number of ether oxygens (including phenoxy) is 2. The van der Waals surface area contributed by atoms with Crippen LogP contribution in [0.15, 0.2) is 29.3 Å². The average Bonchev–Trinajstić information content (AvgIpc) is 3.08. The summed E-state index contributed by atoms with van der Waals surface area (Å²) in [5.74, 6) is 0.653. The molecule has 0 saturated heterocycles. The molecule has 1 atom stereocenters. The number of carbonyl (C=O) groups excluding carboxylic acids is 1. The summed E-state index contributed by atoms with van der Waals surface area (Å²) in [6.07, 6.45) is 6.06. The van der Waals surface area contributed by atoms with Gasteiger partial charge in [0.2, 0.25) is 5.90 Å². The fraction of sp³-hybridized carbons (Fsp3) is 0.529. The van der Waals surface area contributed by atoms with Crippen molar-refractivity contribution < 1.29 is 19.5 Å². The van der Waals surface area contributed by atoms with E-state index in [0.717, 1.165) is 24.3 Å². The first-order valence-electron chi connectivity index (χ1n) is 8.12. The number of rotatable bonds is 9. The Hall–Kier alpha value is -2.08. The van der Waals surface area contributed by atoms with Gasteiger partial charge in [0, 0.05) is 5.56 Å². The van der Waals surface area contributed by atoms with E-state index >= 15 is 0 Å². The van der Waals surface area contributed by atoms with Gasteiger partial charge in [-0.15, -0.1) is 0 Å². The smallest absolute Gasteiger partial charge is 0.271 e. The zero-order chi connectivity index (χ0) is 16.5. The molecule has 1 aliphatic heterocycles. The van der Waals surface area contributed by atoms with Gasteiger partial charge in [-0.2, -0.15) is 0 Å². The molecule has 0 fully saturated rings. The first-order chi connectivity index (χ1) is 11.2. The van der Waals surface area contributed by atoms with Crippen molar-refractivity contribution in [3.63, 3.8) is 0 Å². The molecule has 6 heteroatoms. The van der Waals surface area contributed by atoms with Gasteiger partial charge in [-0.3, -0.25) is 10.0 Å². The molecule has 0 aliphatic carbocycles. The quantitative estimate of drug-likeness (QED) is 0.416. The van der Waals surface area contributed by atoms with E-state index in [1.165, 1.54) is 25.7 Å². The highest BCUT2D eigenvalue weighted by atomic mass is 16.5. The molecule has 1 aromatic carbocycles. The highest BCUT2D eigenvalue weighted by Crippen LogP contribution is 2.17. The predicted molar refractivity (Wildman–Crippen MR) is 86.9 cm³/mol. The molecule has 2 N–H and O–H groups in total. The number of hydroxylamine groups is 1. The van der Waals surface area contributed by atoms with Crippen LogP contribution in [-0.4, -0.2) is 36.3 Å². The molecule has 1 aliphatic rings. The van der Waals surface area contributed by atoms with E-state index in [2.05, 4.69) is 11.9 Å². The molecule has 1 amide bonds. The number of nitrogens with one attached hydrogen (secondary N) is 1. The Morgan fingerprint density at radius 2 is 2.04 bits per heavy atom. The van der Waals surface area contributed by atoms with Crippen LogP contribution in [0.5, 0.6) is 5.75 Å². The standard InChI is InChI=1S/C17H24N2O4/c1-2-3-4-5-6-11-22-14-9-7-13(8-10-14)17-18-15(12-23-17)16(20)19-21/h7-10,15,21H,2-6,11-12H2,1H3,(H,19,20). The van der Waals surface area contributed by atoms with Crippen molar-refractivity contribution in [3.8, 4) is 5.75 Å². The largest absolute Gasteiger partial charge is 0.494 e. The second-order valence-corrected chi connectivity index (χ2v) is 5.52. The van der Waals surface area contributed by atoms with Crippen LogP contribution < -0.4 is 10.2 Å². The summed E-state index contributed by atoms with van der Waals surface area (Å²) < 4.78 is 11.1. The molecule has 1 heterocycles. The van der Waals surface area contributed by atoms with E-state index < -0.39 is 11.9 Å². The average molecular weight is 320 g/mol. The molecule has 0 spiro atoms. The monoisotopic (exact) mass is 320 g/mol. The number of amides is 1. The Morgan fingerprint density at radius 3 is 2.74 bits per heavy atom. The third kappa shape index (κ3) is 5.25. The van der Waals surface area contributed by atoms with Crippen molar-refractivity contribution in [2.75, 3.05) is 13.2 Å². The highest BCUT2D eigenvalue weighted by molar-refractivity contribution is 5.98. The number of hydrogen-bond donors (Lipinski definition) is 2. The van der Waals surface area contributed by atoms with Gasteiger partial charge in [-0.05, 0) is 30.7 Å². The highest BCUT2D eigenvalue weighted by Gasteiger charge is 2.26. The van der Waals surface area contributed by atoms with Crippen LogP contribution >= 0.6 is 0 Å². The van der Waals surface area contributed by atoms with E-state index in [1.807, 2.05) is 24.3 Å². The van der Waals surface area contributed by atoms with E-state index in [-0.39, 0.29) is 6.61 Å². The molecule has 0 bridgehead atoms. The minimum atomic E-state index is -0.700. The first kappa shape index (κ1) is 17.3. The van der Waals surface area contributed by atoms with Crippen molar-refractivity contribution in [1.29, 1.82) is 0 Å². The Morgan fingerprint density at radius 1 is 1.30 bits per heavy atom. The summed E-state index contributed by atoms with van der Waals surface area (Å²) in [7, 11) is 0. The van der Waals surface area contributed by atoms with E-state index in [0.29, 0.717) is 5.90 Å². The van der Waals surface area contributed by atoms with Gasteiger partial charge in [0.05, 0.1) is 6.61 Å². The Bertz CT molecular complexity index is 528. The first-order valence-corrected chi connectivity index (χ1v) is 8.12. The van der Waals surface area contributed by atoms with Crippen LogP contribution in [0.1, 0.15) is 44.6 Å². The Kier molecular flexibility index (Phi) is 6.87. The summed E-state index contributed by atoms with van der Waals surface area (Å²) >= 11 is 0. The van der Waals surface area contributed by atoms with Crippen LogP contribution in [0, 0.1) is 0 Å². The van der Waals surface area contributed by atoms with Crippen LogP contribution in [0.2, 0.25) is 0 Å². The van der Waals surface area contributed by atoms with E-state index in [4.69, 9.17) is 14.7 Å². The van der Waals surface area contributed by atoms with E-state index in [9.17, 15) is 4.79 Å². The van der Waals surface area contributed by atoms with Crippen LogP contribution in [0.3, 0.4) is 0 Å². The lowest BCUT2D eigenvalue weighted by molar-refractivity contribution is -0.130. The minimum absolute atomic E-state index is 0.137. The predicted octanol–water partition coefficient (Wildman–Crippen LogP) is 2.69. The van der Waals surface area contributed by atoms with Crippen LogP contribution in [-0.2, 0) is 9.53 Å². The maximum Gasteiger partial charge on any atom is 0.271 e. The number of nitrogens with zero attached hydrogens (tertiary/aromatic N) is 1. The molecular weight excluding hydrogens is 296 g/mol. The fourth-order valence-corrected chi connectivity index (χ4v) is 2.33. The van der Waals surface area contributed by atoms with Gasteiger partial charge >= 0.3 is 0 Å². The number of benzene rings is 1. The molecule has 1 unspecified atom stereocenters. The molecule has 0 aromatic heterocycles. The van der Waals surface area contributed by atoms with Crippen molar-refractivity contribution in [2.24, 2.45) is 4.99 Å². The van der Waals surface area contributed by atoms with Gasteiger partial charge < -0.3 is 9.47 Å². The number of hydrogen-bond acceptors (Lipinski definition) is 5. The van der Waals surface area contributed by atoms with Gasteiger partial charge in [0.15, 0.2) is 6.04 Å². The van der Waals surface area contributed by atoms with E-state index in [1.54, 1.807) is 5.48 Å². The molecule has 0 radical (unpaired) electrons. The zero-order valence-electron chi connectivity index (χ0n) is 13.5. The lowest BCUT2D eigenvalue weighted by Crippen LogP contribution is -2.31. The number of carbonyl (C=O) groups is 1. The summed E-state index contributed by atoms with van der Waals surface area (Å²) in [6, 6.07) is 6.74.